The van der Waals surface area contributed by atoms with Gasteiger partial charge in [-0.1, -0.05) is 26.8 Å². The van der Waals surface area contributed by atoms with E-state index in [9.17, 15) is 4.79 Å². The second-order valence-electron chi connectivity index (χ2n) is 5.55. The molecular weight excluding hydrogens is 288 g/mol. The molecule has 8 heteroatoms. The third kappa shape index (κ3) is 2.49. The predicted molar refractivity (Wildman–Crippen MR) is 81.1 cm³/mol. The maximum absolute atomic E-state index is 12.6. The monoisotopic (exact) mass is 302 g/mol. The van der Waals surface area contributed by atoms with E-state index >= 15 is 0 Å². The van der Waals surface area contributed by atoms with Gasteiger partial charge in [-0.15, -0.1) is 21.5 Å². The first-order chi connectivity index (χ1) is 9.97. The van der Waals surface area contributed by atoms with Gasteiger partial charge in [0.2, 0.25) is 0 Å². The molecule has 0 atom stereocenters. The molecule has 0 amide bonds. The lowest BCUT2D eigenvalue weighted by Gasteiger charge is -2.16. The Morgan fingerprint density at radius 3 is 2.86 bits per heavy atom. The summed E-state index contributed by atoms with van der Waals surface area (Å²) in [6.07, 6.45) is 3.09. The molecule has 0 aliphatic rings. The molecule has 7 nitrogen and oxygen atoms in total. The lowest BCUT2D eigenvalue weighted by Crippen LogP contribution is -2.32. The Balaban J connectivity index is 2.22. The number of hydrogen-bond donors (Lipinski definition) is 0. The Hall–Kier alpha value is -2.35. The average molecular weight is 302 g/mol. The Kier molecular flexibility index (Phi) is 3.17. The van der Waals surface area contributed by atoms with Gasteiger partial charge in [-0.05, 0) is 11.4 Å². The number of aromatic nitrogens is 5. The molecule has 0 unspecified atom stereocenters. The van der Waals surface area contributed by atoms with Crippen LogP contribution in [0.3, 0.4) is 0 Å². The van der Waals surface area contributed by atoms with Crippen molar-refractivity contribution in [1.29, 1.82) is 0 Å². The summed E-state index contributed by atoms with van der Waals surface area (Å²) in [5.74, 6) is 0.292. The highest BCUT2D eigenvalue weighted by atomic mass is 32.1. The molecule has 3 rings (SSSR count). The summed E-state index contributed by atoms with van der Waals surface area (Å²) in [7, 11) is 0. The van der Waals surface area contributed by atoms with Crippen molar-refractivity contribution in [1.82, 2.24) is 24.5 Å². The van der Waals surface area contributed by atoms with Gasteiger partial charge in [-0.3, -0.25) is 4.79 Å². The molecule has 0 saturated heterocycles. The predicted octanol–water partition coefficient (Wildman–Crippen LogP) is 1.53. The van der Waals surface area contributed by atoms with E-state index < -0.39 is 5.41 Å². The summed E-state index contributed by atoms with van der Waals surface area (Å²) in [5, 5.41) is 18.2. The van der Waals surface area contributed by atoms with Crippen LogP contribution in [0.25, 0.3) is 5.78 Å². The van der Waals surface area contributed by atoms with Gasteiger partial charge in [0.15, 0.2) is 0 Å². The number of nitrogens with zero attached hydrogens (tertiary/aromatic N) is 6. The highest BCUT2D eigenvalue weighted by molar-refractivity contribution is 7.11. The molecule has 3 heterocycles. The Morgan fingerprint density at radius 2 is 2.19 bits per heavy atom. The SMILES string of the molecule is CC(C)(C)c1nn2cnnc2n(/N=C\c2cccs2)c1=O. The third-order valence-electron chi connectivity index (χ3n) is 2.86. The van der Waals surface area contributed by atoms with Crippen LogP contribution in [0.15, 0.2) is 33.7 Å². The maximum Gasteiger partial charge on any atom is 0.298 e. The molecule has 0 aliphatic carbocycles. The molecule has 0 bridgehead atoms. The first-order valence-corrected chi connectivity index (χ1v) is 7.26. The number of rotatable bonds is 2. The lowest BCUT2D eigenvalue weighted by atomic mass is 9.93. The number of hydrogen-bond acceptors (Lipinski definition) is 6. The zero-order valence-corrected chi connectivity index (χ0v) is 12.7. The van der Waals surface area contributed by atoms with Gasteiger partial charge in [-0.2, -0.15) is 19.4 Å². The molecular formula is C13H14N6OS. The average Bonchev–Trinajstić information content (AvgIpc) is 3.06. The minimum atomic E-state index is -0.393. The zero-order valence-electron chi connectivity index (χ0n) is 11.9. The molecule has 0 fully saturated rings. The van der Waals surface area contributed by atoms with E-state index in [2.05, 4.69) is 20.4 Å². The molecule has 0 spiro atoms. The first kappa shape index (κ1) is 13.6. The van der Waals surface area contributed by atoms with E-state index in [1.165, 1.54) is 15.5 Å². The fourth-order valence-electron chi connectivity index (χ4n) is 1.83. The quantitative estimate of drug-likeness (QED) is 0.673. The maximum atomic E-state index is 12.6. The minimum absolute atomic E-state index is 0.282. The summed E-state index contributed by atoms with van der Waals surface area (Å²) in [6.45, 7) is 5.79. The van der Waals surface area contributed by atoms with Crippen molar-refractivity contribution in [2.24, 2.45) is 5.10 Å². The van der Waals surface area contributed by atoms with Crippen LogP contribution in [0.4, 0.5) is 0 Å². The van der Waals surface area contributed by atoms with Crippen LogP contribution in [0.5, 0.6) is 0 Å². The highest BCUT2D eigenvalue weighted by Gasteiger charge is 2.23. The van der Waals surface area contributed by atoms with Crippen molar-refractivity contribution in [3.63, 3.8) is 0 Å². The summed E-state index contributed by atoms with van der Waals surface area (Å²) < 4.78 is 2.70. The Bertz CT molecular complexity index is 853. The normalized spacial score (nSPS) is 12.5. The van der Waals surface area contributed by atoms with Crippen molar-refractivity contribution >= 4 is 23.3 Å². The highest BCUT2D eigenvalue weighted by Crippen LogP contribution is 2.16. The number of fused-ring (bicyclic) bond motifs is 1. The summed E-state index contributed by atoms with van der Waals surface area (Å²) in [6, 6.07) is 3.85. The largest absolute Gasteiger partial charge is 0.298 e. The summed E-state index contributed by atoms with van der Waals surface area (Å²) in [4.78, 5) is 13.5. The van der Waals surface area contributed by atoms with E-state index in [0.29, 0.717) is 11.5 Å². The Labute approximate surface area is 124 Å². The summed E-state index contributed by atoms with van der Waals surface area (Å²) >= 11 is 1.54. The van der Waals surface area contributed by atoms with Gasteiger partial charge in [0.05, 0.1) is 6.21 Å². The fourth-order valence-corrected chi connectivity index (χ4v) is 2.41. The standard InChI is InChI=1S/C13H14N6OS/c1-13(2,3)10-11(20)19(12-16-14-8-18(12)17-10)15-7-9-5-4-6-21-9/h4-8H,1-3H3/b15-7-. The van der Waals surface area contributed by atoms with Crippen molar-refractivity contribution in [2.45, 2.75) is 26.2 Å². The smallest absolute Gasteiger partial charge is 0.265 e. The molecule has 0 radical (unpaired) electrons. The molecule has 0 N–H and O–H groups in total. The van der Waals surface area contributed by atoms with Gasteiger partial charge in [-0.25, -0.2) is 0 Å². The van der Waals surface area contributed by atoms with Crippen molar-refractivity contribution in [2.75, 3.05) is 0 Å². The van der Waals surface area contributed by atoms with E-state index in [1.54, 1.807) is 17.6 Å². The van der Waals surface area contributed by atoms with E-state index in [0.717, 1.165) is 4.88 Å². The van der Waals surface area contributed by atoms with E-state index in [4.69, 9.17) is 0 Å². The van der Waals surface area contributed by atoms with Crippen LogP contribution in [0.2, 0.25) is 0 Å². The first-order valence-electron chi connectivity index (χ1n) is 6.38. The van der Waals surface area contributed by atoms with Crippen molar-refractivity contribution in [3.8, 4) is 0 Å². The van der Waals surface area contributed by atoms with Crippen LogP contribution in [0.1, 0.15) is 31.3 Å². The van der Waals surface area contributed by atoms with Crippen LogP contribution >= 0.6 is 11.3 Å². The molecule has 0 aliphatic heterocycles. The minimum Gasteiger partial charge on any atom is -0.265 e. The molecule has 3 aromatic rings. The molecule has 108 valence electrons. The van der Waals surface area contributed by atoms with E-state index in [-0.39, 0.29) is 5.56 Å². The molecule has 0 aromatic carbocycles. The van der Waals surface area contributed by atoms with Gasteiger partial charge < -0.3 is 0 Å². The van der Waals surface area contributed by atoms with Gasteiger partial charge in [0.25, 0.3) is 11.3 Å². The van der Waals surface area contributed by atoms with Crippen molar-refractivity contribution in [3.05, 3.63) is 44.8 Å². The van der Waals surface area contributed by atoms with E-state index in [1.807, 2.05) is 38.3 Å². The zero-order chi connectivity index (χ0) is 15.0. The van der Waals surface area contributed by atoms with Gasteiger partial charge >= 0.3 is 0 Å². The topological polar surface area (TPSA) is 77.4 Å². The van der Waals surface area contributed by atoms with Gasteiger partial charge in [0.1, 0.15) is 12.0 Å². The second kappa shape index (κ2) is 4.88. The van der Waals surface area contributed by atoms with Crippen LogP contribution < -0.4 is 5.56 Å². The van der Waals surface area contributed by atoms with Gasteiger partial charge in [0, 0.05) is 10.3 Å². The second-order valence-corrected chi connectivity index (χ2v) is 6.53. The molecule has 0 saturated carbocycles. The van der Waals surface area contributed by atoms with Crippen LogP contribution in [0, 0.1) is 0 Å². The number of thiophene rings is 1. The Morgan fingerprint density at radius 1 is 1.38 bits per heavy atom. The fraction of sp³-hybridized carbons (Fsp3) is 0.308. The lowest BCUT2D eigenvalue weighted by molar-refractivity contribution is 0.529. The van der Waals surface area contributed by atoms with Crippen LogP contribution in [-0.4, -0.2) is 30.7 Å². The van der Waals surface area contributed by atoms with Crippen molar-refractivity contribution < 1.29 is 0 Å². The molecule has 3 aromatic heterocycles. The summed E-state index contributed by atoms with van der Waals surface area (Å²) in [5.41, 5.74) is -0.260. The third-order valence-corrected chi connectivity index (χ3v) is 3.67. The van der Waals surface area contributed by atoms with Crippen LogP contribution in [-0.2, 0) is 5.41 Å². The molecule has 21 heavy (non-hydrogen) atoms.